The van der Waals surface area contributed by atoms with Crippen LogP contribution in [-0.2, 0) is 0 Å². The van der Waals surface area contributed by atoms with Gasteiger partial charge in [0.1, 0.15) is 11.6 Å². The molecule has 0 aromatic heterocycles. The maximum atomic E-state index is 14.2. The van der Waals surface area contributed by atoms with Crippen LogP contribution >= 0.6 is 0 Å². The SMILES string of the molecule is CCNC(c1cc(C)cc(F)c1)c1ccc(C)cc1F. The van der Waals surface area contributed by atoms with Crippen molar-refractivity contribution in [3.05, 3.63) is 70.3 Å². The van der Waals surface area contributed by atoms with Crippen LogP contribution in [0.15, 0.2) is 36.4 Å². The highest BCUT2D eigenvalue weighted by molar-refractivity contribution is 5.36. The molecule has 0 radical (unpaired) electrons. The van der Waals surface area contributed by atoms with E-state index < -0.39 is 0 Å². The molecule has 0 saturated carbocycles. The number of hydrogen-bond donors (Lipinski definition) is 1. The van der Waals surface area contributed by atoms with E-state index in [1.165, 1.54) is 18.2 Å². The molecule has 20 heavy (non-hydrogen) atoms. The predicted octanol–water partition coefficient (Wildman–Crippen LogP) is 4.28. The average Bonchev–Trinajstić information content (AvgIpc) is 2.35. The topological polar surface area (TPSA) is 12.0 Å². The molecule has 0 bridgehead atoms. The molecule has 1 unspecified atom stereocenters. The highest BCUT2D eigenvalue weighted by atomic mass is 19.1. The first kappa shape index (κ1) is 14.7. The number of benzene rings is 2. The number of halogens is 2. The molecule has 2 aromatic rings. The summed E-state index contributed by atoms with van der Waals surface area (Å²) in [5.41, 5.74) is 2.99. The first-order valence-corrected chi connectivity index (χ1v) is 6.77. The maximum Gasteiger partial charge on any atom is 0.128 e. The zero-order valence-electron chi connectivity index (χ0n) is 12.0. The Kier molecular flexibility index (Phi) is 4.50. The van der Waals surface area contributed by atoms with Gasteiger partial charge < -0.3 is 5.32 Å². The van der Waals surface area contributed by atoms with Gasteiger partial charge in [0, 0.05) is 5.56 Å². The summed E-state index contributed by atoms with van der Waals surface area (Å²) in [4.78, 5) is 0. The highest BCUT2D eigenvalue weighted by Gasteiger charge is 2.18. The molecule has 0 saturated heterocycles. The minimum atomic E-state index is -0.338. The van der Waals surface area contributed by atoms with E-state index in [1.54, 1.807) is 6.07 Å². The minimum absolute atomic E-state index is 0.266. The molecule has 0 amide bonds. The van der Waals surface area contributed by atoms with Crippen molar-refractivity contribution in [1.82, 2.24) is 5.32 Å². The van der Waals surface area contributed by atoms with Crippen molar-refractivity contribution in [2.24, 2.45) is 0 Å². The van der Waals surface area contributed by atoms with E-state index in [4.69, 9.17) is 0 Å². The Hall–Kier alpha value is -1.74. The largest absolute Gasteiger partial charge is 0.306 e. The van der Waals surface area contributed by atoms with Gasteiger partial charge in [-0.2, -0.15) is 0 Å². The van der Waals surface area contributed by atoms with Crippen LogP contribution in [0.4, 0.5) is 8.78 Å². The normalized spacial score (nSPS) is 12.4. The Labute approximate surface area is 118 Å². The van der Waals surface area contributed by atoms with Crippen molar-refractivity contribution < 1.29 is 8.78 Å². The molecule has 1 nitrogen and oxygen atoms in total. The van der Waals surface area contributed by atoms with Gasteiger partial charge in [-0.25, -0.2) is 8.78 Å². The molecule has 1 N–H and O–H groups in total. The Bertz CT molecular complexity index is 588. The van der Waals surface area contributed by atoms with Gasteiger partial charge in [-0.05, 0) is 55.3 Å². The molecule has 2 rings (SSSR count). The number of hydrogen-bond acceptors (Lipinski definition) is 1. The molecule has 0 spiro atoms. The van der Waals surface area contributed by atoms with E-state index in [2.05, 4.69) is 5.32 Å². The van der Waals surface area contributed by atoms with Crippen molar-refractivity contribution in [3.8, 4) is 0 Å². The minimum Gasteiger partial charge on any atom is -0.306 e. The smallest absolute Gasteiger partial charge is 0.128 e. The molecule has 2 aromatic carbocycles. The summed E-state index contributed by atoms with van der Waals surface area (Å²) in [5, 5.41) is 3.22. The lowest BCUT2D eigenvalue weighted by atomic mass is 9.96. The highest BCUT2D eigenvalue weighted by Crippen LogP contribution is 2.26. The maximum absolute atomic E-state index is 14.2. The van der Waals surface area contributed by atoms with Crippen molar-refractivity contribution in [1.29, 1.82) is 0 Å². The summed E-state index contributed by atoms with van der Waals surface area (Å²) in [7, 11) is 0. The van der Waals surface area contributed by atoms with Gasteiger partial charge in [0.05, 0.1) is 6.04 Å². The van der Waals surface area contributed by atoms with Crippen molar-refractivity contribution in [2.45, 2.75) is 26.8 Å². The Morgan fingerprint density at radius 2 is 1.75 bits per heavy atom. The summed E-state index contributed by atoms with van der Waals surface area (Å²) in [6.07, 6.45) is 0. The van der Waals surface area contributed by atoms with Crippen LogP contribution in [0.1, 0.15) is 35.2 Å². The van der Waals surface area contributed by atoms with E-state index in [0.29, 0.717) is 12.1 Å². The van der Waals surface area contributed by atoms with Crippen molar-refractivity contribution in [2.75, 3.05) is 6.54 Å². The lowest BCUT2D eigenvalue weighted by molar-refractivity contribution is 0.553. The predicted molar refractivity (Wildman–Crippen MR) is 77.8 cm³/mol. The third-order valence-corrected chi connectivity index (χ3v) is 3.27. The molecule has 3 heteroatoms. The van der Waals surface area contributed by atoms with Crippen LogP contribution in [0.2, 0.25) is 0 Å². The molecule has 106 valence electrons. The molecular weight excluding hydrogens is 256 g/mol. The zero-order chi connectivity index (χ0) is 14.7. The van der Waals surface area contributed by atoms with Gasteiger partial charge in [0.25, 0.3) is 0 Å². The third-order valence-electron chi connectivity index (χ3n) is 3.27. The second-order valence-corrected chi connectivity index (χ2v) is 5.08. The van der Waals surface area contributed by atoms with Crippen LogP contribution in [0.25, 0.3) is 0 Å². The fraction of sp³-hybridized carbons (Fsp3) is 0.294. The first-order valence-electron chi connectivity index (χ1n) is 6.77. The Balaban J connectivity index is 2.49. The second-order valence-electron chi connectivity index (χ2n) is 5.08. The van der Waals surface area contributed by atoms with Crippen molar-refractivity contribution in [3.63, 3.8) is 0 Å². The number of rotatable bonds is 4. The van der Waals surface area contributed by atoms with Gasteiger partial charge in [0.15, 0.2) is 0 Å². The molecule has 0 aliphatic heterocycles. The lowest BCUT2D eigenvalue weighted by Crippen LogP contribution is -2.23. The Morgan fingerprint density at radius 3 is 2.35 bits per heavy atom. The molecule has 0 aliphatic carbocycles. The van der Waals surface area contributed by atoms with Crippen LogP contribution in [0.5, 0.6) is 0 Å². The van der Waals surface area contributed by atoms with Crippen LogP contribution in [0.3, 0.4) is 0 Å². The van der Waals surface area contributed by atoms with Crippen LogP contribution in [-0.4, -0.2) is 6.54 Å². The molecule has 0 fully saturated rings. The van der Waals surface area contributed by atoms with Gasteiger partial charge in [-0.3, -0.25) is 0 Å². The van der Waals surface area contributed by atoms with E-state index in [0.717, 1.165) is 16.7 Å². The number of nitrogens with one attached hydrogen (secondary N) is 1. The summed E-state index contributed by atoms with van der Waals surface area (Å²) in [6, 6.07) is 9.61. The van der Waals surface area contributed by atoms with Gasteiger partial charge in [-0.15, -0.1) is 0 Å². The van der Waals surface area contributed by atoms with Gasteiger partial charge in [0.2, 0.25) is 0 Å². The fourth-order valence-corrected chi connectivity index (χ4v) is 2.41. The standard InChI is InChI=1S/C17H19F2N/c1-4-20-17(13-7-12(3)8-14(18)10-13)15-6-5-11(2)9-16(15)19/h5-10,17,20H,4H2,1-3H3. The summed E-state index contributed by atoms with van der Waals surface area (Å²) < 4.78 is 27.8. The lowest BCUT2D eigenvalue weighted by Gasteiger charge is -2.20. The van der Waals surface area contributed by atoms with Crippen LogP contribution < -0.4 is 5.32 Å². The van der Waals surface area contributed by atoms with Crippen LogP contribution in [0, 0.1) is 25.5 Å². The average molecular weight is 275 g/mol. The van der Waals surface area contributed by atoms with Crippen molar-refractivity contribution >= 4 is 0 Å². The monoisotopic (exact) mass is 275 g/mol. The second kappa shape index (κ2) is 6.14. The van der Waals surface area contributed by atoms with E-state index in [9.17, 15) is 8.78 Å². The zero-order valence-corrected chi connectivity index (χ0v) is 12.0. The third kappa shape index (κ3) is 3.23. The molecular formula is C17H19F2N. The fourth-order valence-electron chi connectivity index (χ4n) is 2.41. The molecule has 0 aliphatic rings. The van der Waals surface area contributed by atoms with E-state index in [-0.39, 0.29) is 17.7 Å². The molecule has 0 heterocycles. The summed E-state index contributed by atoms with van der Waals surface area (Å²) in [6.45, 7) is 6.31. The van der Waals surface area contributed by atoms with E-state index in [1.807, 2.05) is 32.9 Å². The van der Waals surface area contributed by atoms with Gasteiger partial charge in [-0.1, -0.05) is 25.1 Å². The molecule has 1 atom stereocenters. The quantitative estimate of drug-likeness (QED) is 0.878. The first-order chi connectivity index (χ1) is 9.51. The van der Waals surface area contributed by atoms with E-state index >= 15 is 0 Å². The summed E-state index contributed by atoms with van der Waals surface area (Å²) in [5.74, 6) is -0.562. The number of aryl methyl sites for hydroxylation is 2. The Morgan fingerprint density at radius 1 is 1.00 bits per heavy atom. The van der Waals surface area contributed by atoms with Gasteiger partial charge >= 0.3 is 0 Å². The summed E-state index contributed by atoms with van der Waals surface area (Å²) >= 11 is 0.